The quantitative estimate of drug-likeness (QED) is 0.140. The van der Waals surface area contributed by atoms with E-state index in [1.165, 1.54) is 142 Å². The fourth-order valence-corrected chi connectivity index (χ4v) is 16.5. The molecular formula is C78H64B2N6O. The molecule has 9 heteroatoms. The van der Waals surface area contributed by atoms with Gasteiger partial charge in [0.05, 0.1) is 17.1 Å². The maximum absolute atomic E-state index is 6.71. The van der Waals surface area contributed by atoms with Crippen LogP contribution in [0, 0.1) is 0 Å². The smallest absolute Gasteiger partial charge is 0.252 e. The topological polar surface area (TPSA) is 28.7 Å². The van der Waals surface area contributed by atoms with Gasteiger partial charge in [0, 0.05) is 86.0 Å². The molecule has 0 atom stereocenters. The fraction of sp³-hybridized carbons (Fsp3) is 0.154. The third-order valence-electron chi connectivity index (χ3n) is 20.0. The molecule has 5 heterocycles. The second-order valence-electron chi connectivity index (χ2n) is 24.8. The molecule has 87 heavy (non-hydrogen) atoms. The van der Waals surface area contributed by atoms with Gasteiger partial charge in [-0.1, -0.05) is 178 Å². The molecule has 0 unspecified atom stereocenters. The van der Waals surface area contributed by atoms with E-state index in [0.717, 1.165) is 57.0 Å². The number of benzene rings is 11. The summed E-state index contributed by atoms with van der Waals surface area (Å²) in [6.07, 6.45) is 12.8. The third-order valence-corrected chi connectivity index (χ3v) is 20.0. The molecule has 2 fully saturated rings. The van der Waals surface area contributed by atoms with Crippen molar-refractivity contribution < 1.29 is 4.74 Å². The predicted molar refractivity (Wildman–Crippen MR) is 365 cm³/mol. The van der Waals surface area contributed by atoms with Crippen LogP contribution in [0.5, 0.6) is 11.5 Å². The maximum atomic E-state index is 6.71. The third kappa shape index (κ3) is 7.90. The van der Waals surface area contributed by atoms with Crippen molar-refractivity contribution in [3.05, 3.63) is 255 Å². The monoisotopic (exact) mass is 1120 g/mol. The number of hydrogen-bond donors (Lipinski definition) is 0. The highest BCUT2D eigenvalue weighted by molar-refractivity contribution is 7.03. The van der Waals surface area contributed by atoms with E-state index in [1.54, 1.807) is 0 Å². The van der Waals surface area contributed by atoms with Gasteiger partial charge in [0.15, 0.2) is 11.5 Å². The Kier molecular flexibility index (Phi) is 11.8. The Hall–Kier alpha value is -9.85. The maximum Gasteiger partial charge on any atom is 0.252 e. The van der Waals surface area contributed by atoms with Crippen molar-refractivity contribution in [3.63, 3.8) is 0 Å². The molecule has 2 aliphatic carbocycles. The minimum absolute atomic E-state index is 0.0761. The molecule has 0 spiro atoms. The van der Waals surface area contributed by atoms with E-state index in [4.69, 9.17) is 4.74 Å². The normalized spacial score (nSPS) is 16.1. The van der Waals surface area contributed by atoms with E-state index in [1.807, 2.05) is 0 Å². The van der Waals surface area contributed by atoms with Crippen molar-refractivity contribution in [2.24, 2.45) is 0 Å². The Labute approximate surface area is 511 Å². The van der Waals surface area contributed by atoms with E-state index in [-0.39, 0.29) is 13.4 Å². The van der Waals surface area contributed by atoms with Crippen LogP contribution in [0.3, 0.4) is 0 Å². The molecule has 0 radical (unpaired) electrons. The highest BCUT2D eigenvalue weighted by Gasteiger charge is 2.49. The van der Waals surface area contributed by atoms with E-state index in [9.17, 15) is 0 Å². The standard InChI is InChI=1S/C78H64B2N6O/c1-7-27-53(28-8-1)81(54-29-9-2-10-30-54)59-47-71-77-73(48-59)84(57-35-15-5-16-36-57)69-52-70-64(51-63(69)79(77)61-39-19-21-41-65(61)82(71)55-31-11-3-12-32-55)80-62-40-20-22-42-66(62)83(56-33-13-4-14-34-56)72-49-60(50-74(78(72)80)85(70)58-37-17-6-18-38-58)86-67-43-23-25-45-75(67)87-76-46-26-24-44-68(76)86/h3-6,11-26,31-54H,1-2,7-10,27-30H2. The molecule has 2 saturated carbocycles. The van der Waals surface area contributed by atoms with Gasteiger partial charge in [-0.25, -0.2) is 0 Å². The zero-order valence-corrected chi connectivity index (χ0v) is 48.7. The van der Waals surface area contributed by atoms with Crippen LogP contribution in [0.25, 0.3) is 0 Å². The van der Waals surface area contributed by atoms with Crippen LogP contribution in [0.2, 0.25) is 0 Å². The fourth-order valence-electron chi connectivity index (χ4n) is 16.5. The first-order chi connectivity index (χ1) is 43.2. The molecule has 0 bridgehead atoms. The second-order valence-corrected chi connectivity index (χ2v) is 24.8. The van der Waals surface area contributed by atoms with Crippen molar-refractivity contribution in [1.29, 1.82) is 0 Å². The second kappa shape index (κ2) is 20.4. The molecule has 7 nitrogen and oxygen atoms in total. The lowest BCUT2D eigenvalue weighted by atomic mass is 9.30. The summed E-state index contributed by atoms with van der Waals surface area (Å²) in [4.78, 5) is 15.8. The molecule has 418 valence electrons. The van der Waals surface area contributed by atoms with Crippen LogP contribution in [-0.2, 0) is 0 Å². The molecule has 11 aromatic rings. The van der Waals surface area contributed by atoms with Gasteiger partial charge < -0.3 is 34.1 Å². The largest absolute Gasteiger partial charge is 0.453 e. The molecule has 5 aliphatic heterocycles. The minimum atomic E-state index is -0.127. The van der Waals surface area contributed by atoms with Gasteiger partial charge in [-0.05, 0) is 174 Å². The summed E-state index contributed by atoms with van der Waals surface area (Å²) in [5.41, 5.74) is 26.4. The summed E-state index contributed by atoms with van der Waals surface area (Å²) < 4.78 is 6.71. The molecule has 0 saturated heterocycles. The Morgan fingerprint density at radius 1 is 0.276 bits per heavy atom. The average Bonchev–Trinajstić information content (AvgIpc) is 0.712. The zero-order chi connectivity index (χ0) is 57.1. The summed E-state index contributed by atoms with van der Waals surface area (Å²) >= 11 is 0. The number of rotatable bonds is 8. The molecule has 0 N–H and O–H groups in total. The molecule has 7 aliphatic rings. The number of para-hydroxylation sites is 10. The lowest BCUT2D eigenvalue weighted by molar-refractivity contribution is 0.340. The molecular weight excluding hydrogens is 1060 g/mol. The summed E-state index contributed by atoms with van der Waals surface area (Å²) in [6.45, 7) is -0.204. The Morgan fingerprint density at radius 3 is 1.02 bits per heavy atom. The summed E-state index contributed by atoms with van der Waals surface area (Å²) in [6, 6.07) is 96.7. The summed E-state index contributed by atoms with van der Waals surface area (Å²) in [7, 11) is 0. The van der Waals surface area contributed by atoms with Crippen LogP contribution >= 0.6 is 0 Å². The van der Waals surface area contributed by atoms with Gasteiger partial charge >= 0.3 is 0 Å². The summed E-state index contributed by atoms with van der Waals surface area (Å²) in [5.74, 6) is 1.65. The Morgan fingerprint density at radius 2 is 0.609 bits per heavy atom. The summed E-state index contributed by atoms with van der Waals surface area (Å²) in [5, 5.41) is 0. The van der Waals surface area contributed by atoms with Crippen LogP contribution in [0.4, 0.5) is 91.0 Å². The van der Waals surface area contributed by atoms with Crippen LogP contribution in [0.15, 0.2) is 255 Å². The number of fused-ring (bicyclic) bond motifs is 10. The molecule has 0 amide bonds. The van der Waals surface area contributed by atoms with E-state index < -0.39 is 0 Å². The van der Waals surface area contributed by atoms with Gasteiger partial charge in [0.1, 0.15) is 0 Å². The van der Waals surface area contributed by atoms with Crippen molar-refractivity contribution in [2.75, 3.05) is 29.4 Å². The first-order valence-electron chi connectivity index (χ1n) is 31.8. The zero-order valence-electron chi connectivity index (χ0n) is 48.7. The van der Waals surface area contributed by atoms with Gasteiger partial charge in [0.25, 0.3) is 13.4 Å². The lowest BCUT2D eigenvalue weighted by Gasteiger charge is -2.48. The van der Waals surface area contributed by atoms with Crippen molar-refractivity contribution in [2.45, 2.75) is 76.3 Å². The number of nitrogens with zero attached hydrogens (tertiary/aromatic N) is 6. The Balaban J connectivity index is 0.947. The number of hydrogen-bond acceptors (Lipinski definition) is 7. The first-order valence-corrected chi connectivity index (χ1v) is 31.8. The van der Waals surface area contributed by atoms with Crippen molar-refractivity contribution in [1.82, 2.24) is 0 Å². The van der Waals surface area contributed by atoms with Crippen LogP contribution < -0.4 is 66.9 Å². The van der Waals surface area contributed by atoms with E-state index in [0.29, 0.717) is 12.1 Å². The van der Waals surface area contributed by atoms with Crippen molar-refractivity contribution in [3.8, 4) is 11.5 Å². The lowest BCUT2D eigenvalue weighted by Crippen LogP contribution is -2.65. The Bertz CT molecular complexity index is 4410. The van der Waals surface area contributed by atoms with E-state index in [2.05, 4.69) is 284 Å². The van der Waals surface area contributed by atoms with Gasteiger partial charge in [-0.3, -0.25) is 0 Å². The van der Waals surface area contributed by atoms with Gasteiger partial charge in [0.2, 0.25) is 0 Å². The highest BCUT2D eigenvalue weighted by atomic mass is 16.5. The van der Waals surface area contributed by atoms with E-state index >= 15 is 0 Å². The molecule has 11 aromatic carbocycles. The number of anilines is 16. The highest BCUT2D eigenvalue weighted by Crippen LogP contribution is 2.55. The number of ether oxygens (including phenoxy) is 1. The predicted octanol–water partition coefficient (Wildman–Crippen LogP) is 16.9. The van der Waals surface area contributed by atoms with Gasteiger partial charge in [-0.2, -0.15) is 0 Å². The minimum Gasteiger partial charge on any atom is -0.453 e. The van der Waals surface area contributed by atoms with Crippen LogP contribution in [-0.4, -0.2) is 25.5 Å². The van der Waals surface area contributed by atoms with Gasteiger partial charge in [-0.15, -0.1) is 0 Å². The molecule has 0 aromatic heterocycles. The van der Waals surface area contributed by atoms with Crippen LogP contribution in [0.1, 0.15) is 64.2 Å². The van der Waals surface area contributed by atoms with Crippen molar-refractivity contribution >= 4 is 137 Å². The molecule has 18 rings (SSSR count). The first kappa shape index (κ1) is 50.5. The average molecular weight is 1120 g/mol. The SMILES string of the molecule is c1ccc(N2c3ccccc3B3c4cc5c(cc4N(c4ccccc4)c4cc(N6c7ccccc7Oc7ccccc76)cc2c43)N(c2ccccc2)c2cc(N(C3CCCCC3)C3CCCCC3)cc3c2B5c2ccccc2N3c2ccccc2)cc1.